The molecule has 0 saturated heterocycles. The molecule has 0 saturated carbocycles. The number of fused-ring (bicyclic) bond motifs is 1. The summed E-state index contributed by atoms with van der Waals surface area (Å²) in [4.78, 5) is 18.0. The van der Waals surface area contributed by atoms with Crippen LogP contribution in [-0.2, 0) is 16.1 Å². The molecule has 0 radical (unpaired) electrons. The Morgan fingerprint density at radius 2 is 2.24 bits per heavy atom. The van der Waals surface area contributed by atoms with Crippen molar-refractivity contribution in [2.24, 2.45) is 0 Å². The number of nitrogens with zero attached hydrogens (tertiary/aromatic N) is 2. The lowest BCUT2D eigenvalue weighted by molar-refractivity contribution is -0.121. The van der Waals surface area contributed by atoms with E-state index in [1.807, 2.05) is 42.0 Å². The van der Waals surface area contributed by atoms with Gasteiger partial charge in [0.2, 0.25) is 5.91 Å². The van der Waals surface area contributed by atoms with Crippen LogP contribution in [0.4, 0.5) is 0 Å². The second kappa shape index (κ2) is 8.27. The fourth-order valence-corrected chi connectivity index (χ4v) is 3.44. The zero-order chi connectivity index (χ0) is 17.6. The van der Waals surface area contributed by atoms with Gasteiger partial charge in [-0.3, -0.25) is 4.79 Å². The third kappa shape index (κ3) is 4.46. The summed E-state index contributed by atoms with van der Waals surface area (Å²) >= 11 is 1.66. The van der Waals surface area contributed by atoms with E-state index >= 15 is 0 Å². The average molecular weight is 357 g/mol. The first-order valence-electron chi connectivity index (χ1n) is 8.51. The van der Waals surface area contributed by atoms with Crippen LogP contribution in [0.2, 0.25) is 0 Å². The number of carbonyl (C=O) groups excluding carboxylic acids is 1. The van der Waals surface area contributed by atoms with E-state index in [-0.39, 0.29) is 18.6 Å². The van der Waals surface area contributed by atoms with Gasteiger partial charge < -0.3 is 14.6 Å². The van der Waals surface area contributed by atoms with Gasteiger partial charge in [-0.2, -0.15) is 0 Å². The quantitative estimate of drug-likeness (QED) is 0.626. The van der Waals surface area contributed by atoms with Gasteiger partial charge in [-0.05, 0) is 49.9 Å². The highest BCUT2D eigenvalue weighted by Crippen LogP contribution is 2.30. The lowest BCUT2D eigenvalue weighted by Gasteiger charge is -2.11. The van der Waals surface area contributed by atoms with Crippen LogP contribution in [0, 0.1) is 0 Å². The van der Waals surface area contributed by atoms with Gasteiger partial charge in [-0.1, -0.05) is 6.07 Å². The average Bonchev–Trinajstić information content (AvgIpc) is 3.22. The lowest BCUT2D eigenvalue weighted by Crippen LogP contribution is -2.29. The van der Waals surface area contributed by atoms with Crippen LogP contribution in [-0.4, -0.2) is 34.7 Å². The van der Waals surface area contributed by atoms with Crippen molar-refractivity contribution in [1.82, 2.24) is 14.9 Å². The maximum absolute atomic E-state index is 12.4. The number of hydrogen-bond acceptors (Lipinski definition) is 4. The molecular formula is C19H23N3O2S. The molecule has 0 aliphatic rings. The molecule has 3 aromatic heterocycles. The van der Waals surface area contributed by atoms with Crippen molar-refractivity contribution in [3.63, 3.8) is 0 Å². The smallest absolute Gasteiger partial charge is 0.240 e. The Hall–Kier alpha value is -2.18. The third-order valence-electron chi connectivity index (χ3n) is 3.83. The number of carbonyl (C=O) groups is 1. The normalized spacial score (nSPS) is 11.3. The molecule has 0 bridgehead atoms. The summed E-state index contributed by atoms with van der Waals surface area (Å²) in [5.41, 5.74) is 1.87. The van der Waals surface area contributed by atoms with Crippen LogP contribution in [0.5, 0.6) is 0 Å². The van der Waals surface area contributed by atoms with E-state index in [4.69, 9.17) is 4.74 Å². The minimum Gasteiger partial charge on any atom is -0.379 e. The zero-order valence-electron chi connectivity index (χ0n) is 14.6. The summed E-state index contributed by atoms with van der Waals surface area (Å²) in [6.45, 7) is 5.56. The molecule has 1 amide bonds. The number of aromatic nitrogens is 2. The zero-order valence-corrected chi connectivity index (χ0v) is 15.4. The Balaban J connectivity index is 1.70. The first kappa shape index (κ1) is 17.6. The van der Waals surface area contributed by atoms with Crippen molar-refractivity contribution in [1.29, 1.82) is 0 Å². The van der Waals surface area contributed by atoms with Crippen molar-refractivity contribution in [3.8, 4) is 10.6 Å². The fourth-order valence-electron chi connectivity index (χ4n) is 2.69. The summed E-state index contributed by atoms with van der Waals surface area (Å²) in [6, 6.07) is 10.1. The summed E-state index contributed by atoms with van der Waals surface area (Å²) in [5.74, 6) is -0.00879. The summed E-state index contributed by atoms with van der Waals surface area (Å²) in [5, 5.41) is 6.05. The van der Waals surface area contributed by atoms with Gasteiger partial charge in [0.15, 0.2) is 0 Å². The van der Waals surface area contributed by atoms with Gasteiger partial charge >= 0.3 is 0 Å². The third-order valence-corrected chi connectivity index (χ3v) is 4.72. The van der Waals surface area contributed by atoms with E-state index < -0.39 is 0 Å². The molecule has 0 aromatic carbocycles. The van der Waals surface area contributed by atoms with Crippen molar-refractivity contribution < 1.29 is 9.53 Å². The standard InChI is InChI=1S/C19H23N3O2S/c1-14(2)24-10-5-9-20-18(23)13-22-16(17-7-4-11-25-17)12-15-6-3-8-21-19(15)22/h3-4,6-8,11-12,14H,5,9-10,13H2,1-2H3,(H,20,23). The van der Waals surface area contributed by atoms with Crippen molar-refractivity contribution in [3.05, 3.63) is 41.9 Å². The molecule has 3 aromatic rings. The second-order valence-electron chi connectivity index (χ2n) is 6.13. The highest BCUT2D eigenvalue weighted by Gasteiger charge is 2.14. The number of nitrogens with one attached hydrogen (secondary N) is 1. The first-order valence-corrected chi connectivity index (χ1v) is 9.39. The Kier molecular flexibility index (Phi) is 5.83. The lowest BCUT2D eigenvalue weighted by atomic mass is 10.3. The topological polar surface area (TPSA) is 56.1 Å². The number of ether oxygens (including phenoxy) is 1. The monoisotopic (exact) mass is 357 g/mol. The summed E-state index contributed by atoms with van der Waals surface area (Å²) < 4.78 is 7.48. The maximum Gasteiger partial charge on any atom is 0.240 e. The highest BCUT2D eigenvalue weighted by atomic mass is 32.1. The van der Waals surface area contributed by atoms with Crippen molar-refractivity contribution in [2.45, 2.75) is 32.9 Å². The van der Waals surface area contributed by atoms with Gasteiger partial charge in [0, 0.05) is 24.7 Å². The largest absolute Gasteiger partial charge is 0.379 e. The van der Waals surface area contributed by atoms with Crippen LogP contribution in [0.15, 0.2) is 41.9 Å². The molecule has 0 unspecified atom stereocenters. The predicted octanol–water partition coefficient (Wildman–Crippen LogP) is 3.70. The van der Waals surface area contributed by atoms with Gasteiger partial charge in [0.25, 0.3) is 0 Å². The number of rotatable bonds is 8. The fraction of sp³-hybridized carbons (Fsp3) is 0.368. The molecular weight excluding hydrogens is 334 g/mol. The molecule has 3 heterocycles. The van der Waals surface area contributed by atoms with Crippen molar-refractivity contribution in [2.75, 3.05) is 13.2 Å². The molecule has 6 heteroatoms. The molecule has 132 valence electrons. The van der Waals surface area contributed by atoms with E-state index in [1.165, 1.54) is 0 Å². The molecule has 0 aliphatic heterocycles. The second-order valence-corrected chi connectivity index (χ2v) is 7.08. The molecule has 0 spiro atoms. The Morgan fingerprint density at radius 1 is 1.36 bits per heavy atom. The van der Waals surface area contributed by atoms with E-state index in [0.717, 1.165) is 28.0 Å². The number of thiophene rings is 1. The molecule has 0 atom stereocenters. The number of hydrogen-bond donors (Lipinski definition) is 1. The Labute approximate surface area is 151 Å². The van der Waals surface area contributed by atoms with Crippen LogP contribution in [0.25, 0.3) is 21.6 Å². The van der Waals surface area contributed by atoms with E-state index in [2.05, 4.69) is 22.4 Å². The number of amides is 1. The Bertz CT molecular complexity index is 824. The van der Waals surface area contributed by atoms with E-state index in [0.29, 0.717) is 13.2 Å². The number of pyridine rings is 1. The van der Waals surface area contributed by atoms with Gasteiger partial charge in [-0.15, -0.1) is 11.3 Å². The van der Waals surface area contributed by atoms with Crippen molar-refractivity contribution >= 4 is 28.3 Å². The minimum atomic E-state index is -0.00879. The van der Waals surface area contributed by atoms with Crippen LogP contribution in [0.3, 0.4) is 0 Å². The SMILES string of the molecule is CC(C)OCCCNC(=O)Cn1c(-c2cccs2)cc2cccnc21. The highest BCUT2D eigenvalue weighted by molar-refractivity contribution is 7.13. The molecule has 1 N–H and O–H groups in total. The van der Waals surface area contributed by atoms with Crippen LogP contribution < -0.4 is 5.32 Å². The van der Waals surface area contributed by atoms with Gasteiger partial charge in [0.1, 0.15) is 12.2 Å². The van der Waals surface area contributed by atoms with E-state index in [1.54, 1.807) is 17.5 Å². The minimum absolute atomic E-state index is 0.00879. The molecule has 5 nitrogen and oxygen atoms in total. The van der Waals surface area contributed by atoms with Gasteiger partial charge in [0.05, 0.1) is 16.7 Å². The Morgan fingerprint density at radius 3 is 3.00 bits per heavy atom. The van der Waals surface area contributed by atoms with Gasteiger partial charge in [-0.25, -0.2) is 4.98 Å². The van der Waals surface area contributed by atoms with Crippen LogP contribution in [0.1, 0.15) is 20.3 Å². The van der Waals surface area contributed by atoms with E-state index in [9.17, 15) is 4.79 Å². The molecule has 3 rings (SSSR count). The maximum atomic E-state index is 12.4. The summed E-state index contributed by atoms with van der Waals surface area (Å²) in [6.07, 6.45) is 2.80. The van der Waals surface area contributed by atoms with Crippen LogP contribution >= 0.6 is 11.3 Å². The summed E-state index contributed by atoms with van der Waals surface area (Å²) in [7, 11) is 0. The molecule has 0 aliphatic carbocycles. The molecule has 25 heavy (non-hydrogen) atoms. The molecule has 0 fully saturated rings. The first-order chi connectivity index (χ1) is 12.1. The predicted molar refractivity (Wildman–Crippen MR) is 102 cm³/mol.